The van der Waals surface area contributed by atoms with E-state index in [-0.39, 0.29) is 11.8 Å². The maximum absolute atomic E-state index is 10.7. The second-order valence-corrected chi connectivity index (χ2v) is 5.77. The van der Waals surface area contributed by atoms with Gasteiger partial charge in [0, 0.05) is 6.07 Å². The van der Waals surface area contributed by atoms with Crippen molar-refractivity contribution < 1.29 is 14.6 Å². The molecule has 2 fully saturated rings. The SMILES string of the molecule is O=C(O)c1ccc(OC2CC3(CCCCC3)C2)nn1. The maximum Gasteiger partial charge on any atom is 0.356 e. The zero-order valence-corrected chi connectivity index (χ0v) is 10.8. The van der Waals surface area contributed by atoms with E-state index in [1.165, 1.54) is 38.2 Å². The summed E-state index contributed by atoms with van der Waals surface area (Å²) >= 11 is 0. The molecule has 2 aliphatic carbocycles. The van der Waals surface area contributed by atoms with Crippen molar-refractivity contribution in [1.29, 1.82) is 0 Å². The molecule has 1 heterocycles. The molecule has 0 aromatic carbocycles. The molecule has 0 atom stereocenters. The largest absolute Gasteiger partial charge is 0.476 e. The molecule has 2 aliphatic rings. The number of hydrogen-bond donors (Lipinski definition) is 1. The van der Waals surface area contributed by atoms with Gasteiger partial charge in [-0.3, -0.25) is 0 Å². The van der Waals surface area contributed by atoms with Gasteiger partial charge in [0.25, 0.3) is 0 Å². The minimum absolute atomic E-state index is 0.0512. The Bertz CT molecular complexity index is 458. The predicted octanol–water partition coefficient (Wildman–Crippen LogP) is 2.67. The molecule has 3 rings (SSSR count). The van der Waals surface area contributed by atoms with Crippen LogP contribution < -0.4 is 4.74 Å². The number of nitrogens with zero attached hydrogens (tertiary/aromatic N) is 2. The Labute approximate surface area is 112 Å². The maximum atomic E-state index is 10.7. The fourth-order valence-electron chi connectivity index (χ4n) is 3.37. The third-order valence-electron chi connectivity index (χ3n) is 4.38. The minimum Gasteiger partial charge on any atom is -0.476 e. The van der Waals surface area contributed by atoms with Crippen LogP contribution in [0.2, 0.25) is 0 Å². The molecule has 0 aliphatic heterocycles. The number of carbonyl (C=O) groups is 1. The Balaban J connectivity index is 1.54. The van der Waals surface area contributed by atoms with Crippen LogP contribution in [0.25, 0.3) is 0 Å². The average molecular weight is 262 g/mol. The molecule has 102 valence electrons. The fourth-order valence-corrected chi connectivity index (χ4v) is 3.37. The second kappa shape index (κ2) is 4.79. The van der Waals surface area contributed by atoms with Gasteiger partial charge in [0.15, 0.2) is 5.69 Å². The van der Waals surface area contributed by atoms with Crippen molar-refractivity contribution in [3.63, 3.8) is 0 Å². The first-order valence-electron chi connectivity index (χ1n) is 6.91. The van der Waals surface area contributed by atoms with E-state index in [0.717, 1.165) is 12.8 Å². The lowest BCUT2D eigenvalue weighted by molar-refractivity contribution is -0.0416. The van der Waals surface area contributed by atoms with Crippen molar-refractivity contribution in [2.45, 2.75) is 51.0 Å². The summed E-state index contributed by atoms with van der Waals surface area (Å²) in [4.78, 5) is 10.7. The summed E-state index contributed by atoms with van der Waals surface area (Å²) in [6, 6.07) is 3.02. The molecule has 1 aromatic heterocycles. The van der Waals surface area contributed by atoms with Crippen molar-refractivity contribution >= 4 is 5.97 Å². The lowest BCUT2D eigenvalue weighted by Gasteiger charge is -2.49. The first kappa shape index (κ1) is 12.4. The molecule has 1 N–H and O–H groups in total. The molecule has 0 amide bonds. The van der Waals surface area contributed by atoms with Crippen LogP contribution in [0.1, 0.15) is 55.4 Å². The number of hydrogen-bond acceptors (Lipinski definition) is 4. The zero-order chi connectivity index (χ0) is 13.3. The van der Waals surface area contributed by atoms with Crippen LogP contribution in [0.5, 0.6) is 5.88 Å². The van der Waals surface area contributed by atoms with E-state index in [9.17, 15) is 4.79 Å². The average Bonchev–Trinajstić information content (AvgIpc) is 2.39. The number of aromatic nitrogens is 2. The van der Waals surface area contributed by atoms with E-state index < -0.39 is 5.97 Å². The highest BCUT2D eigenvalue weighted by Gasteiger charge is 2.45. The Hall–Kier alpha value is -1.65. The van der Waals surface area contributed by atoms with Crippen LogP contribution in [-0.4, -0.2) is 27.4 Å². The topological polar surface area (TPSA) is 72.3 Å². The monoisotopic (exact) mass is 262 g/mol. The highest BCUT2D eigenvalue weighted by Crippen LogP contribution is 2.52. The van der Waals surface area contributed by atoms with Crippen LogP contribution >= 0.6 is 0 Å². The summed E-state index contributed by atoms with van der Waals surface area (Å²) < 4.78 is 5.75. The van der Waals surface area contributed by atoms with Crippen molar-refractivity contribution in [3.8, 4) is 5.88 Å². The first-order valence-corrected chi connectivity index (χ1v) is 6.91. The molecule has 5 nitrogen and oxygen atoms in total. The van der Waals surface area contributed by atoms with Gasteiger partial charge in [-0.2, -0.15) is 0 Å². The molecule has 19 heavy (non-hydrogen) atoms. The van der Waals surface area contributed by atoms with Crippen LogP contribution in [0.4, 0.5) is 0 Å². The highest BCUT2D eigenvalue weighted by molar-refractivity contribution is 5.84. The van der Waals surface area contributed by atoms with E-state index in [4.69, 9.17) is 9.84 Å². The standard InChI is InChI=1S/C14H18N2O3/c17-13(18)11-4-5-12(16-15-11)19-10-8-14(9-10)6-2-1-3-7-14/h4-5,10H,1-3,6-9H2,(H,17,18). The summed E-state index contributed by atoms with van der Waals surface area (Å²) in [7, 11) is 0. The Morgan fingerprint density at radius 1 is 1.21 bits per heavy atom. The summed E-state index contributed by atoms with van der Waals surface area (Å²) in [5.41, 5.74) is 0.474. The van der Waals surface area contributed by atoms with E-state index in [1.807, 2.05) is 0 Å². The summed E-state index contributed by atoms with van der Waals surface area (Å²) in [6.07, 6.45) is 9.16. The van der Waals surface area contributed by atoms with Gasteiger partial charge in [-0.25, -0.2) is 4.79 Å². The Morgan fingerprint density at radius 2 is 1.95 bits per heavy atom. The molecule has 0 unspecified atom stereocenters. The lowest BCUT2D eigenvalue weighted by atomic mass is 9.59. The van der Waals surface area contributed by atoms with E-state index in [0.29, 0.717) is 11.3 Å². The number of carboxylic acids is 1. The van der Waals surface area contributed by atoms with E-state index in [2.05, 4.69) is 10.2 Å². The molecule has 0 radical (unpaired) electrons. The van der Waals surface area contributed by atoms with Gasteiger partial charge in [0.1, 0.15) is 6.10 Å². The lowest BCUT2D eigenvalue weighted by Crippen LogP contribution is -2.45. The van der Waals surface area contributed by atoms with Crippen molar-refractivity contribution in [2.24, 2.45) is 5.41 Å². The van der Waals surface area contributed by atoms with Crippen LogP contribution in [0, 0.1) is 5.41 Å². The summed E-state index contributed by atoms with van der Waals surface area (Å²) in [5, 5.41) is 16.2. The second-order valence-electron chi connectivity index (χ2n) is 5.77. The zero-order valence-electron chi connectivity index (χ0n) is 10.8. The van der Waals surface area contributed by atoms with Crippen molar-refractivity contribution in [2.75, 3.05) is 0 Å². The molecule has 0 saturated heterocycles. The predicted molar refractivity (Wildman–Crippen MR) is 68.2 cm³/mol. The smallest absolute Gasteiger partial charge is 0.356 e. The van der Waals surface area contributed by atoms with E-state index >= 15 is 0 Å². The van der Waals surface area contributed by atoms with Crippen LogP contribution in [0.3, 0.4) is 0 Å². The van der Waals surface area contributed by atoms with Gasteiger partial charge < -0.3 is 9.84 Å². The number of aromatic carboxylic acids is 1. The number of ether oxygens (including phenoxy) is 1. The van der Waals surface area contributed by atoms with Crippen molar-refractivity contribution in [3.05, 3.63) is 17.8 Å². The third kappa shape index (κ3) is 2.55. The molecular weight excluding hydrogens is 244 g/mol. The van der Waals surface area contributed by atoms with Crippen LogP contribution in [-0.2, 0) is 0 Å². The third-order valence-corrected chi connectivity index (χ3v) is 4.38. The van der Waals surface area contributed by atoms with Crippen molar-refractivity contribution in [1.82, 2.24) is 10.2 Å². The van der Waals surface area contributed by atoms with Gasteiger partial charge in [0.05, 0.1) is 0 Å². The van der Waals surface area contributed by atoms with Gasteiger partial charge in [-0.05, 0) is 37.2 Å². The fraction of sp³-hybridized carbons (Fsp3) is 0.643. The first-order chi connectivity index (χ1) is 9.17. The molecule has 1 spiro atoms. The highest BCUT2D eigenvalue weighted by atomic mass is 16.5. The molecular formula is C14H18N2O3. The van der Waals surface area contributed by atoms with Gasteiger partial charge in [-0.1, -0.05) is 19.3 Å². The normalized spacial score (nSPS) is 21.9. The van der Waals surface area contributed by atoms with E-state index in [1.54, 1.807) is 6.07 Å². The molecule has 5 heteroatoms. The molecule has 2 saturated carbocycles. The van der Waals surface area contributed by atoms with Gasteiger partial charge in [-0.15, -0.1) is 10.2 Å². The Morgan fingerprint density at radius 3 is 2.53 bits per heavy atom. The summed E-state index contributed by atoms with van der Waals surface area (Å²) in [6.45, 7) is 0. The van der Waals surface area contributed by atoms with Crippen LogP contribution in [0.15, 0.2) is 12.1 Å². The quantitative estimate of drug-likeness (QED) is 0.906. The number of rotatable bonds is 3. The molecule has 1 aromatic rings. The summed E-state index contributed by atoms with van der Waals surface area (Å²) in [5.74, 6) is -0.635. The van der Waals surface area contributed by atoms with Gasteiger partial charge in [0.2, 0.25) is 5.88 Å². The Kier molecular flexibility index (Phi) is 3.12. The minimum atomic E-state index is -1.07. The number of carboxylic acid groups (broad SMARTS) is 1. The molecule has 0 bridgehead atoms. The van der Waals surface area contributed by atoms with Gasteiger partial charge >= 0.3 is 5.97 Å².